The lowest BCUT2D eigenvalue weighted by molar-refractivity contribution is -0.142. The number of nitriles is 1. The predicted octanol–water partition coefficient (Wildman–Crippen LogP) is 1.82. The molecule has 4 aliphatic carbocycles. The minimum absolute atomic E-state index is 0.00602. The first-order chi connectivity index (χ1) is 10.1. The van der Waals surface area contributed by atoms with E-state index in [1.165, 1.54) is 19.3 Å². The molecule has 4 bridgehead atoms. The number of nitrogens with two attached hydrogens (primary N) is 1. The van der Waals surface area contributed by atoms with Crippen molar-refractivity contribution in [3.05, 3.63) is 12.2 Å². The van der Waals surface area contributed by atoms with E-state index in [-0.39, 0.29) is 11.3 Å². The number of nitrogens with zero attached hydrogens (tertiary/aromatic N) is 2. The zero-order valence-corrected chi connectivity index (χ0v) is 12.4. The molecule has 0 aromatic rings. The van der Waals surface area contributed by atoms with Gasteiger partial charge in [-0.15, -0.1) is 0 Å². The Morgan fingerprint density at radius 2 is 1.81 bits per heavy atom. The van der Waals surface area contributed by atoms with Crippen LogP contribution in [0.1, 0.15) is 38.5 Å². The standard InChI is InChI=1S/C17H23N3O/c18-10-14-2-1-3-20(14)16(21)15(19)17-7-11-4-12(8-17)6-13(5-11)9-17/h1-2,11-15H,3-9,19H2/t11?,12?,13?,14-,15?,17?/m0/s1. The third-order valence-corrected chi connectivity index (χ3v) is 6.38. The maximum atomic E-state index is 12.8. The molecule has 0 radical (unpaired) electrons. The van der Waals surface area contributed by atoms with Gasteiger partial charge in [0.05, 0.1) is 12.1 Å². The molecular weight excluding hydrogens is 262 g/mol. The van der Waals surface area contributed by atoms with E-state index in [4.69, 9.17) is 11.0 Å². The Kier molecular flexibility index (Phi) is 2.91. The molecule has 1 unspecified atom stereocenters. The molecule has 5 aliphatic rings. The van der Waals surface area contributed by atoms with Crippen LogP contribution in [-0.2, 0) is 4.79 Å². The number of amides is 1. The summed E-state index contributed by atoms with van der Waals surface area (Å²) in [4.78, 5) is 14.5. The second kappa shape index (κ2) is 4.58. The van der Waals surface area contributed by atoms with Crippen LogP contribution in [0.5, 0.6) is 0 Å². The fourth-order valence-electron chi connectivity index (χ4n) is 5.86. The molecule has 4 saturated carbocycles. The van der Waals surface area contributed by atoms with Crippen LogP contribution in [0.2, 0.25) is 0 Å². The highest BCUT2D eigenvalue weighted by Gasteiger charge is 2.55. The van der Waals surface area contributed by atoms with Crippen molar-refractivity contribution in [2.75, 3.05) is 6.54 Å². The molecule has 21 heavy (non-hydrogen) atoms. The Hall–Kier alpha value is -1.34. The lowest BCUT2D eigenvalue weighted by atomic mass is 9.47. The first kappa shape index (κ1) is 13.3. The first-order valence-corrected chi connectivity index (χ1v) is 8.23. The van der Waals surface area contributed by atoms with Gasteiger partial charge in [0.1, 0.15) is 6.04 Å². The predicted molar refractivity (Wildman–Crippen MR) is 78.8 cm³/mol. The Labute approximate surface area is 126 Å². The molecule has 0 saturated heterocycles. The van der Waals surface area contributed by atoms with Crippen LogP contribution in [0.3, 0.4) is 0 Å². The second-order valence-corrected chi connectivity index (χ2v) is 7.75. The van der Waals surface area contributed by atoms with Gasteiger partial charge < -0.3 is 10.6 Å². The summed E-state index contributed by atoms with van der Waals surface area (Å²) in [5, 5.41) is 9.17. The van der Waals surface area contributed by atoms with E-state index in [1.807, 2.05) is 12.2 Å². The van der Waals surface area contributed by atoms with E-state index in [0.29, 0.717) is 6.54 Å². The van der Waals surface area contributed by atoms with Crippen molar-refractivity contribution in [3.8, 4) is 6.07 Å². The Balaban J connectivity index is 1.56. The van der Waals surface area contributed by atoms with Crippen LogP contribution in [0.4, 0.5) is 0 Å². The van der Waals surface area contributed by atoms with Crippen molar-refractivity contribution < 1.29 is 4.79 Å². The van der Waals surface area contributed by atoms with E-state index in [2.05, 4.69) is 6.07 Å². The smallest absolute Gasteiger partial charge is 0.241 e. The number of rotatable bonds is 2. The van der Waals surface area contributed by atoms with Gasteiger partial charge in [-0.3, -0.25) is 4.79 Å². The summed E-state index contributed by atoms with van der Waals surface area (Å²) in [6, 6.07) is 1.35. The normalized spacial score (nSPS) is 44.9. The Bertz CT molecular complexity index is 497. The van der Waals surface area contributed by atoms with Crippen LogP contribution in [-0.4, -0.2) is 29.4 Å². The maximum absolute atomic E-state index is 12.8. The third-order valence-electron chi connectivity index (χ3n) is 6.38. The van der Waals surface area contributed by atoms with E-state index < -0.39 is 12.1 Å². The fraction of sp³-hybridized carbons (Fsp3) is 0.765. The molecule has 1 aliphatic heterocycles. The topological polar surface area (TPSA) is 70.1 Å². The zero-order valence-electron chi connectivity index (χ0n) is 12.4. The molecule has 5 rings (SSSR count). The highest BCUT2D eigenvalue weighted by molar-refractivity contribution is 5.84. The molecule has 1 heterocycles. The van der Waals surface area contributed by atoms with Crippen molar-refractivity contribution in [1.29, 1.82) is 5.26 Å². The van der Waals surface area contributed by atoms with E-state index in [0.717, 1.165) is 37.0 Å². The highest BCUT2D eigenvalue weighted by Crippen LogP contribution is 2.61. The molecular formula is C17H23N3O. The number of hydrogen-bond acceptors (Lipinski definition) is 3. The quantitative estimate of drug-likeness (QED) is 0.787. The molecule has 112 valence electrons. The molecule has 4 nitrogen and oxygen atoms in total. The molecule has 0 spiro atoms. The summed E-state index contributed by atoms with van der Waals surface area (Å²) in [5.74, 6) is 2.37. The summed E-state index contributed by atoms with van der Waals surface area (Å²) < 4.78 is 0. The number of carbonyl (C=O) groups excluding carboxylic acids is 1. The van der Waals surface area contributed by atoms with Crippen LogP contribution < -0.4 is 5.73 Å². The lowest BCUT2D eigenvalue weighted by Gasteiger charge is -2.58. The molecule has 0 aromatic carbocycles. The molecule has 2 N–H and O–H groups in total. The van der Waals surface area contributed by atoms with Crippen molar-refractivity contribution >= 4 is 5.91 Å². The third kappa shape index (κ3) is 1.94. The molecule has 0 aromatic heterocycles. The average Bonchev–Trinajstić information content (AvgIpc) is 2.92. The van der Waals surface area contributed by atoms with Gasteiger partial charge in [0.25, 0.3) is 0 Å². The largest absolute Gasteiger partial charge is 0.319 e. The van der Waals surface area contributed by atoms with Gasteiger partial charge in [0, 0.05) is 6.54 Å². The van der Waals surface area contributed by atoms with Gasteiger partial charge in [0.15, 0.2) is 0 Å². The van der Waals surface area contributed by atoms with E-state index in [1.54, 1.807) is 4.90 Å². The summed E-state index contributed by atoms with van der Waals surface area (Å²) in [5.41, 5.74) is 6.51. The van der Waals surface area contributed by atoms with Crippen molar-refractivity contribution in [3.63, 3.8) is 0 Å². The number of hydrogen-bond donors (Lipinski definition) is 1. The fourth-order valence-corrected chi connectivity index (χ4v) is 5.86. The summed E-state index contributed by atoms with van der Waals surface area (Å²) in [6.07, 6.45) is 11.2. The monoisotopic (exact) mass is 285 g/mol. The minimum Gasteiger partial charge on any atom is -0.319 e. The average molecular weight is 285 g/mol. The van der Waals surface area contributed by atoms with Gasteiger partial charge in [0.2, 0.25) is 5.91 Å². The molecule has 2 atom stereocenters. The lowest BCUT2D eigenvalue weighted by Crippen LogP contribution is -2.60. The Morgan fingerprint density at radius 1 is 1.24 bits per heavy atom. The summed E-state index contributed by atoms with van der Waals surface area (Å²) in [6.45, 7) is 0.539. The molecule has 1 amide bonds. The SMILES string of the molecule is N#C[C@@H]1C=CCN1C(=O)C(N)C12CC3CC(CC(C3)C1)C2. The van der Waals surface area contributed by atoms with Gasteiger partial charge >= 0.3 is 0 Å². The van der Waals surface area contributed by atoms with Crippen LogP contribution in [0, 0.1) is 34.5 Å². The van der Waals surface area contributed by atoms with E-state index in [9.17, 15) is 4.79 Å². The summed E-state index contributed by atoms with van der Waals surface area (Å²) in [7, 11) is 0. The van der Waals surface area contributed by atoms with Gasteiger partial charge in [-0.1, -0.05) is 6.08 Å². The first-order valence-electron chi connectivity index (χ1n) is 8.23. The summed E-state index contributed by atoms with van der Waals surface area (Å²) >= 11 is 0. The van der Waals surface area contributed by atoms with Crippen molar-refractivity contribution in [2.45, 2.75) is 50.6 Å². The minimum atomic E-state index is -0.419. The van der Waals surface area contributed by atoms with Crippen molar-refractivity contribution in [1.82, 2.24) is 4.90 Å². The highest BCUT2D eigenvalue weighted by atomic mass is 16.2. The van der Waals surface area contributed by atoms with E-state index >= 15 is 0 Å². The van der Waals surface area contributed by atoms with Gasteiger partial charge in [-0.25, -0.2) is 0 Å². The Morgan fingerprint density at radius 3 is 2.33 bits per heavy atom. The van der Waals surface area contributed by atoms with Crippen LogP contribution >= 0.6 is 0 Å². The maximum Gasteiger partial charge on any atom is 0.241 e. The van der Waals surface area contributed by atoms with Gasteiger partial charge in [-0.2, -0.15) is 5.26 Å². The van der Waals surface area contributed by atoms with Gasteiger partial charge in [-0.05, 0) is 67.8 Å². The van der Waals surface area contributed by atoms with Crippen LogP contribution in [0.15, 0.2) is 12.2 Å². The molecule has 4 fully saturated rings. The van der Waals surface area contributed by atoms with Crippen molar-refractivity contribution in [2.24, 2.45) is 28.9 Å². The molecule has 4 heteroatoms. The number of carbonyl (C=O) groups is 1. The van der Waals surface area contributed by atoms with Crippen LogP contribution in [0.25, 0.3) is 0 Å². The zero-order chi connectivity index (χ0) is 14.6. The second-order valence-electron chi connectivity index (χ2n) is 7.75.